The highest BCUT2D eigenvalue weighted by molar-refractivity contribution is 6.12. The van der Waals surface area contributed by atoms with E-state index in [9.17, 15) is 14.0 Å². The first kappa shape index (κ1) is 16.4. The van der Waals surface area contributed by atoms with E-state index in [1.165, 1.54) is 12.1 Å². The van der Waals surface area contributed by atoms with Gasteiger partial charge in [-0.15, -0.1) is 0 Å². The Labute approximate surface area is 133 Å². The minimum Gasteiger partial charge on any atom is -0.348 e. The Balaban J connectivity index is 2.11. The molecule has 0 unspecified atom stereocenters. The van der Waals surface area contributed by atoms with Crippen molar-refractivity contribution in [2.24, 2.45) is 5.92 Å². The first-order valence-electron chi connectivity index (χ1n) is 7.07. The first-order valence-corrected chi connectivity index (χ1v) is 7.07. The molecule has 2 rings (SSSR count). The summed E-state index contributed by atoms with van der Waals surface area (Å²) in [6.45, 7) is 1.77. The predicted molar refractivity (Wildman–Crippen MR) is 82.8 cm³/mol. The fraction of sp³-hybridized carbons (Fsp3) is 0.167. The van der Waals surface area contributed by atoms with Crippen molar-refractivity contribution >= 4 is 11.7 Å². The SMILES string of the molecule is C[C@H](NC(=O)[C@H](C#N)C(=O)c1ccc(F)cc1)c1ccccc1. The summed E-state index contributed by atoms with van der Waals surface area (Å²) in [7, 11) is 0. The van der Waals surface area contributed by atoms with Gasteiger partial charge in [0, 0.05) is 5.56 Å². The molecular formula is C18H15FN2O2. The highest BCUT2D eigenvalue weighted by Gasteiger charge is 2.28. The smallest absolute Gasteiger partial charge is 0.245 e. The van der Waals surface area contributed by atoms with Gasteiger partial charge in [-0.3, -0.25) is 9.59 Å². The number of nitrogens with one attached hydrogen (secondary N) is 1. The molecule has 1 N–H and O–H groups in total. The summed E-state index contributed by atoms with van der Waals surface area (Å²) >= 11 is 0. The van der Waals surface area contributed by atoms with Crippen LogP contribution in [0.4, 0.5) is 4.39 Å². The number of Topliss-reactive ketones (excluding diaryl/α,β-unsaturated/α-hetero) is 1. The Hall–Kier alpha value is -3.00. The lowest BCUT2D eigenvalue weighted by atomic mass is 9.97. The van der Waals surface area contributed by atoms with Gasteiger partial charge in [-0.1, -0.05) is 30.3 Å². The third kappa shape index (κ3) is 4.01. The highest BCUT2D eigenvalue weighted by atomic mass is 19.1. The number of ketones is 1. The second-order valence-electron chi connectivity index (χ2n) is 5.07. The molecule has 4 nitrogen and oxygen atoms in total. The van der Waals surface area contributed by atoms with Gasteiger partial charge < -0.3 is 5.32 Å². The standard InChI is InChI=1S/C18H15FN2O2/c1-12(13-5-3-2-4-6-13)21-18(23)16(11-20)17(22)14-7-9-15(19)10-8-14/h2-10,12,16H,1H3,(H,21,23)/t12-,16+/m0/s1. The van der Waals surface area contributed by atoms with Gasteiger partial charge in [-0.05, 0) is 36.8 Å². The monoisotopic (exact) mass is 310 g/mol. The maximum absolute atomic E-state index is 12.9. The van der Waals surface area contributed by atoms with Gasteiger partial charge in [0.15, 0.2) is 11.7 Å². The number of benzene rings is 2. The number of amides is 1. The average molecular weight is 310 g/mol. The lowest BCUT2D eigenvalue weighted by Gasteiger charge is -2.16. The van der Waals surface area contributed by atoms with Gasteiger partial charge in [-0.2, -0.15) is 5.26 Å². The van der Waals surface area contributed by atoms with Crippen LogP contribution < -0.4 is 5.32 Å². The maximum Gasteiger partial charge on any atom is 0.245 e. The number of nitrogens with zero attached hydrogens (tertiary/aromatic N) is 1. The number of carbonyl (C=O) groups is 2. The molecule has 0 spiro atoms. The van der Waals surface area contributed by atoms with E-state index in [0.29, 0.717) is 0 Å². The van der Waals surface area contributed by atoms with Crippen molar-refractivity contribution in [3.63, 3.8) is 0 Å². The molecule has 0 saturated carbocycles. The van der Waals surface area contributed by atoms with E-state index in [4.69, 9.17) is 5.26 Å². The Morgan fingerprint density at radius 2 is 1.70 bits per heavy atom. The van der Waals surface area contributed by atoms with Gasteiger partial charge >= 0.3 is 0 Å². The van der Waals surface area contributed by atoms with E-state index in [2.05, 4.69) is 5.32 Å². The summed E-state index contributed by atoms with van der Waals surface area (Å²) in [5.41, 5.74) is 0.993. The van der Waals surface area contributed by atoms with Crippen molar-refractivity contribution in [1.82, 2.24) is 5.32 Å². The molecule has 116 valence electrons. The van der Waals surface area contributed by atoms with Crippen LogP contribution in [0.5, 0.6) is 0 Å². The van der Waals surface area contributed by atoms with Crippen LogP contribution in [-0.4, -0.2) is 11.7 Å². The molecule has 2 aromatic rings. The molecule has 0 saturated heterocycles. The molecule has 0 aromatic heterocycles. The Bertz CT molecular complexity index is 736. The van der Waals surface area contributed by atoms with Crippen LogP contribution in [0.1, 0.15) is 28.9 Å². The zero-order valence-electron chi connectivity index (χ0n) is 12.5. The minimum atomic E-state index is -1.47. The van der Waals surface area contributed by atoms with Crippen molar-refractivity contribution in [1.29, 1.82) is 5.26 Å². The van der Waals surface area contributed by atoms with Crippen LogP contribution in [0.2, 0.25) is 0 Å². The van der Waals surface area contributed by atoms with Crippen LogP contribution in [0.25, 0.3) is 0 Å². The topological polar surface area (TPSA) is 70.0 Å². The first-order chi connectivity index (χ1) is 11.0. The van der Waals surface area contributed by atoms with Crippen molar-refractivity contribution in [3.05, 3.63) is 71.5 Å². The fourth-order valence-corrected chi connectivity index (χ4v) is 2.14. The number of rotatable bonds is 5. The molecule has 0 bridgehead atoms. The summed E-state index contributed by atoms with van der Waals surface area (Å²) in [6, 6.07) is 15.3. The van der Waals surface area contributed by atoms with Gasteiger partial charge in [0.1, 0.15) is 5.82 Å². The van der Waals surface area contributed by atoms with Crippen molar-refractivity contribution in [3.8, 4) is 6.07 Å². The van der Waals surface area contributed by atoms with Crippen LogP contribution in [-0.2, 0) is 4.79 Å². The third-order valence-electron chi connectivity index (χ3n) is 3.44. The van der Waals surface area contributed by atoms with Gasteiger partial charge in [0.25, 0.3) is 0 Å². The van der Waals surface area contributed by atoms with Gasteiger partial charge in [0.05, 0.1) is 12.1 Å². The molecule has 0 aliphatic heterocycles. The second-order valence-corrected chi connectivity index (χ2v) is 5.07. The van der Waals surface area contributed by atoms with Crippen LogP contribution in [0.3, 0.4) is 0 Å². The van der Waals surface area contributed by atoms with Crippen molar-refractivity contribution in [2.75, 3.05) is 0 Å². The maximum atomic E-state index is 12.9. The van der Waals surface area contributed by atoms with E-state index in [-0.39, 0.29) is 11.6 Å². The van der Waals surface area contributed by atoms with Crippen LogP contribution >= 0.6 is 0 Å². The minimum absolute atomic E-state index is 0.125. The lowest BCUT2D eigenvalue weighted by molar-refractivity contribution is -0.122. The number of carbonyl (C=O) groups excluding carboxylic acids is 2. The van der Waals surface area contributed by atoms with Crippen molar-refractivity contribution in [2.45, 2.75) is 13.0 Å². The van der Waals surface area contributed by atoms with Crippen LogP contribution in [0, 0.1) is 23.1 Å². The summed E-state index contributed by atoms with van der Waals surface area (Å²) in [6.07, 6.45) is 0. The van der Waals surface area contributed by atoms with E-state index in [1.807, 2.05) is 30.3 Å². The Morgan fingerprint density at radius 3 is 2.26 bits per heavy atom. The van der Waals surface area contributed by atoms with Crippen molar-refractivity contribution < 1.29 is 14.0 Å². The molecule has 23 heavy (non-hydrogen) atoms. The number of halogens is 1. The summed E-state index contributed by atoms with van der Waals surface area (Å²) in [4.78, 5) is 24.5. The molecule has 0 radical (unpaired) electrons. The number of nitriles is 1. The zero-order valence-corrected chi connectivity index (χ0v) is 12.5. The second kappa shape index (κ2) is 7.32. The Kier molecular flexibility index (Phi) is 5.21. The quantitative estimate of drug-likeness (QED) is 0.681. The molecule has 0 heterocycles. The average Bonchev–Trinajstić information content (AvgIpc) is 2.56. The molecule has 0 fully saturated rings. The Morgan fingerprint density at radius 1 is 1.09 bits per heavy atom. The molecule has 2 atom stereocenters. The normalized spacial score (nSPS) is 12.7. The fourth-order valence-electron chi connectivity index (χ4n) is 2.14. The predicted octanol–water partition coefficient (Wildman–Crippen LogP) is 3.03. The summed E-state index contributed by atoms with van der Waals surface area (Å²) < 4.78 is 12.9. The zero-order chi connectivity index (χ0) is 16.8. The molecular weight excluding hydrogens is 295 g/mol. The molecule has 5 heteroatoms. The number of hydrogen-bond donors (Lipinski definition) is 1. The number of hydrogen-bond acceptors (Lipinski definition) is 3. The van der Waals surface area contributed by atoms with Crippen LogP contribution in [0.15, 0.2) is 54.6 Å². The largest absolute Gasteiger partial charge is 0.348 e. The highest BCUT2D eigenvalue weighted by Crippen LogP contribution is 2.14. The van der Waals surface area contributed by atoms with E-state index < -0.39 is 23.4 Å². The molecule has 1 amide bonds. The van der Waals surface area contributed by atoms with Gasteiger partial charge in [-0.25, -0.2) is 4.39 Å². The summed E-state index contributed by atoms with van der Waals surface area (Å²) in [5, 5.41) is 11.8. The third-order valence-corrected chi connectivity index (χ3v) is 3.44. The molecule has 2 aromatic carbocycles. The lowest BCUT2D eigenvalue weighted by Crippen LogP contribution is -2.36. The summed E-state index contributed by atoms with van der Waals surface area (Å²) in [5.74, 6) is -3.27. The van der Waals surface area contributed by atoms with E-state index >= 15 is 0 Å². The van der Waals surface area contributed by atoms with E-state index in [0.717, 1.165) is 17.7 Å². The molecule has 0 aliphatic rings. The van der Waals surface area contributed by atoms with Gasteiger partial charge in [0.2, 0.25) is 5.91 Å². The molecule has 0 aliphatic carbocycles. The van der Waals surface area contributed by atoms with E-state index in [1.54, 1.807) is 13.0 Å².